The number of nitrogens with two attached hydrogens (primary N) is 1. The molecule has 2 N–H and O–H groups in total. The van der Waals surface area contributed by atoms with Gasteiger partial charge < -0.3 is 22.2 Å². The third-order valence-electron chi connectivity index (χ3n) is 6.05. The molecule has 0 aromatic heterocycles. The first kappa shape index (κ1) is 44.0. The minimum Gasteiger partial charge on any atom is -0.436 e. The third kappa shape index (κ3) is 10.7. The first-order valence-electron chi connectivity index (χ1n) is 13.3. The number of alkyl halides is 13. The van der Waals surface area contributed by atoms with Gasteiger partial charge in [-0.05, 0) is 90.5 Å². The lowest BCUT2D eigenvalue weighted by atomic mass is 9.93. The summed E-state index contributed by atoms with van der Waals surface area (Å²) < 4.78 is 200. The third-order valence-corrected chi connectivity index (χ3v) is 25.3. The number of rotatable bonds is 18. The van der Waals surface area contributed by atoms with E-state index in [1.807, 2.05) is 13.1 Å². The van der Waals surface area contributed by atoms with Gasteiger partial charge >= 0.3 is 61.5 Å². The van der Waals surface area contributed by atoms with Crippen LogP contribution in [0.4, 0.5) is 57.1 Å². The van der Waals surface area contributed by atoms with Gasteiger partial charge in [0.05, 0.1) is 0 Å². The molecule has 0 rings (SSSR count). The van der Waals surface area contributed by atoms with Gasteiger partial charge in [0.1, 0.15) is 0 Å². The van der Waals surface area contributed by atoms with Crippen LogP contribution in [-0.4, -0.2) is 84.7 Å². The van der Waals surface area contributed by atoms with Crippen LogP contribution in [-0.2, 0) is 16.5 Å². The molecule has 0 aliphatic heterocycles. The van der Waals surface area contributed by atoms with Gasteiger partial charge in [0.2, 0.25) is 0 Å². The molecule has 0 aromatic rings. The van der Waals surface area contributed by atoms with E-state index in [1.165, 1.54) is 26.2 Å². The zero-order valence-electron chi connectivity index (χ0n) is 26.2. The smallest absolute Gasteiger partial charge is 0.436 e. The summed E-state index contributed by atoms with van der Waals surface area (Å²) in [6.45, 7) is 16.7. The van der Waals surface area contributed by atoms with Crippen LogP contribution in [0.3, 0.4) is 0 Å². The second-order valence-electron chi connectivity index (χ2n) is 13.0. The Morgan fingerprint density at radius 2 is 0.773 bits per heavy atom. The first-order chi connectivity index (χ1) is 18.8. The summed E-state index contributed by atoms with van der Waals surface area (Å²) in [4.78, 5) is 0. The second kappa shape index (κ2) is 13.5. The molecule has 0 aliphatic carbocycles. The Bertz CT molecular complexity index is 965. The fourth-order valence-electron chi connectivity index (χ4n) is 4.62. The molecular formula is C21H42F13NO4Si5. The van der Waals surface area contributed by atoms with E-state index in [0.29, 0.717) is 6.54 Å². The van der Waals surface area contributed by atoms with E-state index in [9.17, 15) is 57.1 Å². The van der Waals surface area contributed by atoms with Crippen molar-refractivity contribution in [3.8, 4) is 0 Å². The Kier molecular flexibility index (Phi) is 13.5. The van der Waals surface area contributed by atoms with Crippen molar-refractivity contribution in [1.29, 1.82) is 0 Å². The predicted octanol–water partition coefficient (Wildman–Crippen LogP) is 9.05. The Labute approximate surface area is 254 Å². The molecule has 266 valence electrons. The molecule has 0 aliphatic rings. The molecule has 0 amide bonds. The van der Waals surface area contributed by atoms with Gasteiger partial charge in [0.15, 0.2) is 16.6 Å². The van der Waals surface area contributed by atoms with Crippen LogP contribution in [0, 0.1) is 0 Å². The molecule has 0 heterocycles. The molecule has 0 bridgehead atoms. The van der Waals surface area contributed by atoms with Crippen molar-refractivity contribution in [3.63, 3.8) is 0 Å². The predicted molar refractivity (Wildman–Crippen MR) is 150 cm³/mol. The van der Waals surface area contributed by atoms with Crippen LogP contribution in [0.2, 0.25) is 77.6 Å². The van der Waals surface area contributed by atoms with Gasteiger partial charge in [-0.1, -0.05) is 0 Å². The summed E-state index contributed by atoms with van der Waals surface area (Å²) in [5.41, 5.74) is 5.57. The maximum absolute atomic E-state index is 14.4. The second-order valence-corrected chi connectivity index (χ2v) is 32.7. The highest BCUT2D eigenvalue weighted by Crippen LogP contribution is 2.61. The van der Waals surface area contributed by atoms with Crippen molar-refractivity contribution >= 4 is 42.3 Å². The van der Waals surface area contributed by atoms with Crippen LogP contribution < -0.4 is 5.73 Å². The Hall–Kier alpha value is -0.0256. The molecule has 0 aromatic carbocycles. The van der Waals surface area contributed by atoms with Crippen LogP contribution in [0.1, 0.15) is 12.8 Å². The van der Waals surface area contributed by atoms with E-state index in [1.54, 1.807) is 26.2 Å². The maximum Gasteiger partial charge on any atom is 0.460 e. The highest BCUT2D eigenvalue weighted by atomic mass is 28.5. The van der Waals surface area contributed by atoms with Crippen LogP contribution >= 0.6 is 0 Å². The summed E-state index contributed by atoms with van der Waals surface area (Å²) in [6, 6.07) is -0.340. The molecule has 0 spiro atoms. The van der Waals surface area contributed by atoms with E-state index >= 15 is 0 Å². The molecular weight excluding hydrogens is 718 g/mol. The van der Waals surface area contributed by atoms with Gasteiger partial charge in [-0.25, -0.2) is 0 Å². The van der Waals surface area contributed by atoms with Crippen LogP contribution in [0.5, 0.6) is 0 Å². The highest BCUT2D eigenvalue weighted by Gasteiger charge is 2.90. The summed E-state index contributed by atoms with van der Waals surface area (Å²) >= 11 is 0. The molecule has 5 nitrogen and oxygen atoms in total. The zero-order chi connectivity index (χ0) is 35.9. The Morgan fingerprint density at radius 1 is 0.455 bits per heavy atom. The number of halogens is 13. The van der Waals surface area contributed by atoms with Gasteiger partial charge in [-0.3, -0.25) is 0 Å². The first-order valence-corrected chi connectivity index (χ1v) is 28.0. The van der Waals surface area contributed by atoms with Crippen molar-refractivity contribution in [2.24, 2.45) is 5.73 Å². The zero-order valence-corrected chi connectivity index (χ0v) is 31.2. The highest BCUT2D eigenvalue weighted by molar-refractivity contribution is 6.90. The van der Waals surface area contributed by atoms with E-state index in [2.05, 4.69) is 0 Å². The lowest BCUT2D eigenvalue weighted by Gasteiger charge is -2.43. The van der Waals surface area contributed by atoms with Crippen LogP contribution in [0.15, 0.2) is 0 Å². The molecule has 0 atom stereocenters. The lowest BCUT2D eigenvalue weighted by molar-refractivity contribution is -0.439. The SMILES string of the molecule is C[Si](C)(CCCN)O[Si](C)(C)O[Si](C)(C)O[Si](C)(C)O[Si](C)(C)CCC(F)(F)C(F)(F)C(F)(F)C(F)(F)C(F)(F)C(F)(F)F. The van der Waals surface area contributed by atoms with Crippen LogP contribution in [0.25, 0.3) is 0 Å². The lowest BCUT2D eigenvalue weighted by Crippen LogP contribution is -2.70. The largest absolute Gasteiger partial charge is 0.460 e. The number of hydrogen-bond donors (Lipinski definition) is 1. The molecule has 44 heavy (non-hydrogen) atoms. The Morgan fingerprint density at radius 3 is 1.11 bits per heavy atom. The average Bonchev–Trinajstić information content (AvgIpc) is 2.71. The Balaban J connectivity index is 5.79. The molecule has 23 heteroatoms. The summed E-state index contributed by atoms with van der Waals surface area (Å²) in [5.74, 6) is -36.9. The van der Waals surface area contributed by atoms with Crippen molar-refractivity contribution in [1.82, 2.24) is 0 Å². The fraction of sp³-hybridized carbons (Fsp3) is 1.00. The topological polar surface area (TPSA) is 62.9 Å². The molecule has 0 saturated heterocycles. The van der Waals surface area contributed by atoms with Crippen molar-refractivity contribution < 1.29 is 73.5 Å². The van der Waals surface area contributed by atoms with Crippen molar-refractivity contribution in [2.75, 3.05) is 6.54 Å². The van der Waals surface area contributed by atoms with E-state index in [0.717, 1.165) is 12.5 Å². The van der Waals surface area contributed by atoms with Gasteiger partial charge in [0, 0.05) is 6.42 Å². The molecule has 0 fully saturated rings. The van der Waals surface area contributed by atoms with E-state index in [4.69, 9.17) is 22.2 Å². The molecule has 0 radical (unpaired) electrons. The summed E-state index contributed by atoms with van der Waals surface area (Å²) in [7, 11) is -15.0. The fourth-order valence-corrected chi connectivity index (χ4v) is 29.2. The molecule has 0 saturated carbocycles. The minimum atomic E-state index is -7.92. The average molecular weight is 760 g/mol. The van der Waals surface area contributed by atoms with Gasteiger partial charge in [-0.2, -0.15) is 57.1 Å². The van der Waals surface area contributed by atoms with E-state index < -0.39 is 90.6 Å². The molecule has 0 unspecified atom stereocenters. The quantitative estimate of drug-likeness (QED) is 0.112. The van der Waals surface area contributed by atoms with Gasteiger partial charge in [0.25, 0.3) is 0 Å². The normalized spacial score (nSPS) is 16.1. The summed E-state index contributed by atoms with van der Waals surface area (Å²) in [6.07, 6.45) is -8.99. The number of hydrogen-bond acceptors (Lipinski definition) is 5. The monoisotopic (exact) mass is 759 g/mol. The van der Waals surface area contributed by atoms with Gasteiger partial charge in [-0.15, -0.1) is 0 Å². The standard InChI is InChI=1S/C21H42F13NO4Si5/c1-40(2,14-11-13-35)36-42(5,6)38-44(9,10)39-43(7,8)37-41(3,4)15-12-16(22,23)17(24,25)18(26,27)19(28,29)20(30,31)21(32,33)34/h11-15,35H2,1-10H3. The van der Waals surface area contributed by atoms with Crippen molar-refractivity contribution in [2.45, 2.75) is 126 Å². The maximum atomic E-state index is 14.4. The summed E-state index contributed by atoms with van der Waals surface area (Å²) in [5, 5.41) is 0. The minimum absolute atomic E-state index is 0.481. The van der Waals surface area contributed by atoms with Crippen molar-refractivity contribution in [3.05, 3.63) is 0 Å². The van der Waals surface area contributed by atoms with E-state index in [-0.39, 0.29) is 0 Å².